The lowest BCUT2D eigenvalue weighted by Crippen LogP contribution is -2.59. The highest BCUT2D eigenvalue weighted by molar-refractivity contribution is 7.92. The summed E-state index contributed by atoms with van der Waals surface area (Å²) in [5.74, 6) is -3.75. The summed E-state index contributed by atoms with van der Waals surface area (Å²) in [4.78, 5) is 10.8. The first-order valence-electron chi connectivity index (χ1n) is 11.2. The van der Waals surface area contributed by atoms with E-state index >= 15 is 4.39 Å². The minimum atomic E-state index is -4.67. The minimum absolute atomic E-state index is 0.148. The van der Waals surface area contributed by atoms with Crippen LogP contribution < -0.4 is 10.1 Å². The van der Waals surface area contributed by atoms with E-state index in [0.29, 0.717) is 31.4 Å². The van der Waals surface area contributed by atoms with Gasteiger partial charge in [0.05, 0.1) is 22.6 Å². The topological polar surface area (TPSA) is 72.5 Å². The molecule has 2 aliphatic rings. The van der Waals surface area contributed by atoms with Gasteiger partial charge in [0.25, 0.3) is 0 Å². The lowest BCUT2D eigenvalue weighted by atomic mass is 9.64. The van der Waals surface area contributed by atoms with E-state index in [-0.39, 0.29) is 19.4 Å². The number of benzene rings is 2. The van der Waals surface area contributed by atoms with Gasteiger partial charge in [-0.05, 0) is 61.6 Å². The Kier molecular flexibility index (Phi) is 6.58. The molecule has 1 N–H and O–H groups in total. The van der Waals surface area contributed by atoms with E-state index in [1.54, 1.807) is 0 Å². The molecule has 0 unspecified atom stereocenters. The Bertz CT molecular complexity index is 1220. The molecule has 35 heavy (non-hydrogen) atoms. The van der Waals surface area contributed by atoms with Crippen LogP contribution in [0.5, 0.6) is 5.75 Å². The number of halogens is 5. The van der Waals surface area contributed by atoms with Gasteiger partial charge in [0.15, 0.2) is 21.4 Å². The van der Waals surface area contributed by atoms with Crippen LogP contribution >= 0.6 is 0 Å². The zero-order valence-corrected chi connectivity index (χ0v) is 19.6. The number of carbonyl (C=O) groups is 1. The van der Waals surface area contributed by atoms with E-state index in [0.717, 1.165) is 24.3 Å². The van der Waals surface area contributed by atoms with Gasteiger partial charge in [0, 0.05) is 12.0 Å². The van der Waals surface area contributed by atoms with Gasteiger partial charge < -0.3 is 10.1 Å². The fraction of sp³-hybridized carbons (Fsp3) is 0.458. The summed E-state index contributed by atoms with van der Waals surface area (Å²) < 4.78 is 101. The Balaban J connectivity index is 1.97. The van der Waals surface area contributed by atoms with Crippen LogP contribution in [0.15, 0.2) is 41.3 Å². The van der Waals surface area contributed by atoms with Gasteiger partial charge in [-0.15, -0.1) is 0 Å². The standard InChI is InChI=1S/C24H24F5NO4S/c1-2-3-16-17-12-34-22-19(26)9-8-18(25)21(22)23(17,11-10-20(16)30-13-31)35(32,33)15-6-4-14(5-7-15)24(27,28)29/h4-9,13,16-17,20H,2-3,10-12H2,1H3,(H,30,31)/t16-,17-,20-,23-/m0/s1. The molecule has 1 aliphatic heterocycles. The van der Waals surface area contributed by atoms with Crippen molar-refractivity contribution in [2.24, 2.45) is 11.8 Å². The lowest BCUT2D eigenvalue weighted by Gasteiger charge is -2.52. The van der Waals surface area contributed by atoms with Crippen molar-refractivity contribution in [2.45, 2.75) is 54.5 Å². The van der Waals surface area contributed by atoms with Crippen LogP contribution in [-0.4, -0.2) is 27.5 Å². The van der Waals surface area contributed by atoms with Crippen molar-refractivity contribution in [3.8, 4) is 5.75 Å². The number of nitrogens with one attached hydrogen (secondary N) is 1. The molecule has 5 nitrogen and oxygen atoms in total. The predicted octanol–water partition coefficient (Wildman–Crippen LogP) is 4.99. The van der Waals surface area contributed by atoms with Crippen LogP contribution in [-0.2, 0) is 25.6 Å². The summed E-state index contributed by atoms with van der Waals surface area (Å²) in [6, 6.07) is 4.26. The van der Waals surface area contributed by atoms with Crippen LogP contribution in [0.3, 0.4) is 0 Å². The first-order chi connectivity index (χ1) is 16.5. The van der Waals surface area contributed by atoms with Gasteiger partial charge in [0.1, 0.15) is 10.6 Å². The minimum Gasteiger partial charge on any atom is -0.490 e. The molecule has 0 saturated heterocycles. The summed E-state index contributed by atoms with van der Waals surface area (Å²) in [5.41, 5.74) is -1.47. The summed E-state index contributed by atoms with van der Waals surface area (Å²) in [6.07, 6.45) is -3.10. The maximum Gasteiger partial charge on any atom is 0.416 e. The molecule has 2 aromatic carbocycles. The third-order valence-electron chi connectivity index (χ3n) is 7.22. The van der Waals surface area contributed by atoms with Crippen LogP contribution in [0.1, 0.15) is 43.7 Å². The highest BCUT2D eigenvalue weighted by atomic mass is 32.2. The molecule has 190 valence electrons. The monoisotopic (exact) mass is 517 g/mol. The SMILES string of the molecule is CCC[C@@H]1[C@@H](NC=O)CC[C@@]2(S(=O)(=O)c3ccc(C(F)(F)F)cc3)c3c(F)ccc(F)c3OC[C@@H]12. The molecule has 1 saturated carbocycles. The molecule has 11 heteroatoms. The molecule has 0 spiro atoms. The third kappa shape index (κ3) is 3.97. The van der Waals surface area contributed by atoms with Gasteiger partial charge >= 0.3 is 6.18 Å². The molecule has 4 rings (SSSR count). The number of hydrogen-bond acceptors (Lipinski definition) is 4. The molecule has 2 aromatic rings. The maximum atomic E-state index is 15.4. The molecule has 1 aliphatic carbocycles. The highest BCUT2D eigenvalue weighted by Gasteiger charge is 2.62. The number of rotatable bonds is 6. The lowest BCUT2D eigenvalue weighted by molar-refractivity contribution is -0.137. The second kappa shape index (κ2) is 9.07. The Morgan fingerprint density at radius 3 is 2.37 bits per heavy atom. The Morgan fingerprint density at radius 1 is 1.11 bits per heavy atom. The first kappa shape index (κ1) is 25.4. The van der Waals surface area contributed by atoms with Gasteiger partial charge in [0.2, 0.25) is 6.41 Å². The van der Waals surface area contributed by atoms with Gasteiger partial charge in [-0.1, -0.05) is 13.3 Å². The molecule has 0 radical (unpaired) electrons. The van der Waals surface area contributed by atoms with Gasteiger partial charge in [-0.2, -0.15) is 13.2 Å². The van der Waals surface area contributed by atoms with Crippen LogP contribution in [0.25, 0.3) is 0 Å². The highest BCUT2D eigenvalue weighted by Crippen LogP contribution is 2.58. The van der Waals surface area contributed by atoms with Crippen LogP contribution in [0.4, 0.5) is 22.0 Å². The van der Waals surface area contributed by atoms with Gasteiger partial charge in [-0.25, -0.2) is 17.2 Å². The van der Waals surface area contributed by atoms with Crippen molar-refractivity contribution in [3.05, 3.63) is 59.2 Å². The smallest absolute Gasteiger partial charge is 0.416 e. The van der Waals surface area contributed by atoms with Crippen molar-refractivity contribution >= 4 is 16.2 Å². The third-order valence-corrected chi connectivity index (χ3v) is 9.79. The number of alkyl halides is 3. The van der Waals surface area contributed by atoms with Crippen LogP contribution in [0.2, 0.25) is 0 Å². The largest absolute Gasteiger partial charge is 0.490 e. The van der Waals surface area contributed by atoms with E-state index in [1.165, 1.54) is 0 Å². The second-order valence-electron chi connectivity index (χ2n) is 8.95. The molecule has 1 amide bonds. The van der Waals surface area contributed by atoms with E-state index < -0.39 is 72.0 Å². The predicted molar refractivity (Wildman–Crippen MR) is 116 cm³/mol. The van der Waals surface area contributed by atoms with Crippen molar-refractivity contribution in [2.75, 3.05) is 6.61 Å². The number of hydrogen-bond donors (Lipinski definition) is 1. The normalized spacial score (nSPS) is 26.3. The molecule has 0 bridgehead atoms. The van der Waals surface area contributed by atoms with Gasteiger partial charge in [-0.3, -0.25) is 4.79 Å². The molecular formula is C24H24F5NO4S. The number of amides is 1. The average Bonchev–Trinajstić information content (AvgIpc) is 2.82. The summed E-state index contributed by atoms with van der Waals surface area (Å²) >= 11 is 0. The number of ether oxygens (including phenoxy) is 1. The van der Waals surface area contributed by atoms with Crippen molar-refractivity contribution in [1.29, 1.82) is 0 Å². The fourth-order valence-corrected chi connectivity index (χ4v) is 8.14. The zero-order valence-electron chi connectivity index (χ0n) is 18.7. The van der Waals surface area contributed by atoms with E-state index in [1.807, 2.05) is 6.92 Å². The van der Waals surface area contributed by atoms with Crippen molar-refractivity contribution < 1.29 is 39.9 Å². The second-order valence-corrected chi connectivity index (χ2v) is 11.2. The quantitative estimate of drug-likeness (QED) is 0.433. The number of fused-ring (bicyclic) bond motifs is 3. The molecular weight excluding hydrogens is 493 g/mol. The Hall–Kier alpha value is -2.69. The van der Waals surface area contributed by atoms with E-state index in [4.69, 9.17) is 4.74 Å². The first-order valence-corrected chi connectivity index (χ1v) is 12.7. The summed E-state index contributed by atoms with van der Waals surface area (Å²) in [6.45, 7) is 1.62. The zero-order chi connectivity index (χ0) is 25.6. The molecule has 1 fully saturated rings. The summed E-state index contributed by atoms with van der Waals surface area (Å²) in [5, 5.41) is 2.71. The van der Waals surface area contributed by atoms with E-state index in [9.17, 15) is 30.8 Å². The number of carbonyl (C=O) groups excluding carboxylic acids is 1. The molecule has 4 atom stereocenters. The Labute approximate surface area is 199 Å². The molecule has 0 aromatic heterocycles. The van der Waals surface area contributed by atoms with E-state index in [2.05, 4.69) is 5.32 Å². The summed E-state index contributed by atoms with van der Waals surface area (Å²) in [7, 11) is -4.56. The van der Waals surface area contributed by atoms with Crippen molar-refractivity contribution in [1.82, 2.24) is 5.32 Å². The Morgan fingerprint density at radius 2 is 1.77 bits per heavy atom. The maximum absolute atomic E-state index is 15.4. The van der Waals surface area contributed by atoms with Crippen molar-refractivity contribution in [3.63, 3.8) is 0 Å². The molecule has 1 heterocycles. The average molecular weight is 518 g/mol. The van der Waals surface area contributed by atoms with Crippen LogP contribution in [0, 0.1) is 23.5 Å². The fourth-order valence-electron chi connectivity index (χ4n) is 5.74. The number of sulfone groups is 1.